The summed E-state index contributed by atoms with van der Waals surface area (Å²) in [6.07, 6.45) is 3.16. The van der Waals surface area contributed by atoms with Gasteiger partial charge in [-0.25, -0.2) is 4.98 Å². The third kappa shape index (κ3) is 4.29. The minimum Gasteiger partial charge on any atom is -0.357 e. The molecule has 21 heavy (non-hydrogen) atoms. The topological polar surface area (TPSA) is 42.1 Å². The number of thiophene rings is 1. The molecule has 2 heterocycles. The first-order valence-electron chi connectivity index (χ1n) is 7.59. The van der Waals surface area contributed by atoms with E-state index in [2.05, 4.69) is 55.4 Å². The Balaban J connectivity index is 2.16. The summed E-state index contributed by atoms with van der Waals surface area (Å²) in [4.78, 5) is 8.47. The molecule has 0 radical (unpaired) electrons. The van der Waals surface area contributed by atoms with Crippen LogP contribution in [-0.2, 0) is 19.4 Å². The molecule has 2 rings (SSSR count). The van der Waals surface area contributed by atoms with E-state index in [4.69, 9.17) is 10.7 Å². The Bertz CT molecular complexity index is 551. The lowest BCUT2D eigenvalue weighted by Gasteiger charge is -2.26. The Morgan fingerprint density at radius 2 is 2.19 bits per heavy atom. The molecule has 0 saturated carbocycles. The highest BCUT2D eigenvalue weighted by Gasteiger charge is 2.14. The van der Waals surface area contributed by atoms with Crippen LogP contribution < -0.4 is 10.6 Å². The fourth-order valence-corrected chi connectivity index (χ4v) is 3.23. The first-order chi connectivity index (χ1) is 10.1. The highest BCUT2D eigenvalue weighted by atomic mass is 32.1. The summed E-state index contributed by atoms with van der Waals surface area (Å²) in [5, 5.41) is 2.13. The smallest absolute Gasteiger partial charge is 0.129 e. The molecule has 0 fully saturated rings. The van der Waals surface area contributed by atoms with Crippen LogP contribution in [0.4, 0.5) is 5.82 Å². The summed E-state index contributed by atoms with van der Waals surface area (Å²) in [5.41, 5.74) is 8.13. The lowest BCUT2D eigenvalue weighted by molar-refractivity contribution is 0.677. The van der Waals surface area contributed by atoms with Crippen molar-refractivity contribution in [1.82, 2.24) is 4.98 Å². The molecule has 3 nitrogen and oxygen atoms in total. The summed E-state index contributed by atoms with van der Waals surface area (Å²) in [6, 6.07) is 8.97. The van der Waals surface area contributed by atoms with E-state index in [9.17, 15) is 0 Å². The van der Waals surface area contributed by atoms with Crippen LogP contribution >= 0.6 is 11.3 Å². The lowest BCUT2D eigenvalue weighted by Crippen LogP contribution is -2.31. The van der Waals surface area contributed by atoms with Crippen molar-refractivity contribution in [3.8, 4) is 0 Å². The van der Waals surface area contributed by atoms with Crippen molar-refractivity contribution in [2.75, 3.05) is 11.9 Å². The van der Waals surface area contributed by atoms with E-state index in [1.165, 1.54) is 10.4 Å². The van der Waals surface area contributed by atoms with Gasteiger partial charge in [0.1, 0.15) is 5.82 Å². The standard InChI is InChI=1S/C17H25N3S/c1-4-6-15-10-14(12-18)11-17(19-15)20(3)13(2)9-16-7-5-8-21-16/h5,7-8,10-11,13H,4,6,9,12,18H2,1-3H3. The molecule has 2 N–H and O–H groups in total. The molecule has 1 unspecified atom stereocenters. The molecule has 0 saturated heterocycles. The number of hydrogen-bond acceptors (Lipinski definition) is 4. The second kappa shape index (κ2) is 7.57. The SMILES string of the molecule is CCCc1cc(CN)cc(N(C)C(C)Cc2cccs2)n1. The first kappa shape index (κ1) is 16.0. The predicted octanol–water partition coefficient (Wildman–Crippen LogP) is 3.62. The zero-order chi connectivity index (χ0) is 15.2. The molecule has 0 bridgehead atoms. The molecule has 0 spiro atoms. The second-order valence-corrected chi connectivity index (χ2v) is 6.55. The van der Waals surface area contributed by atoms with Gasteiger partial charge in [-0.15, -0.1) is 11.3 Å². The number of likely N-dealkylation sites (N-methyl/N-ethyl adjacent to an activating group) is 1. The third-order valence-corrected chi connectivity index (χ3v) is 4.66. The average molecular weight is 303 g/mol. The van der Waals surface area contributed by atoms with Crippen molar-refractivity contribution in [1.29, 1.82) is 0 Å². The molecule has 0 aliphatic carbocycles. The van der Waals surface area contributed by atoms with Crippen molar-refractivity contribution in [3.63, 3.8) is 0 Å². The van der Waals surface area contributed by atoms with Crippen LogP contribution in [0.2, 0.25) is 0 Å². The number of rotatable bonds is 7. The normalized spacial score (nSPS) is 12.4. The van der Waals surface area contributed by atoms with Gasteiger partial charge < -0.3 is 10.6 Å². The predicted molar refractivity (Wildman–Crippen MR) is 92.0 cm³/mol. The molecule has 0 aromatic carbocycles. The molecule has 114 valence electrons. The number of nitrogens with zero attached hydrogens (tertiary/aromatic N) is 2. The zero-order valence-corrected chi connectivity index (χ0v) is 14.0. The van der Waals surface area contributed by atoms with Gasteiger partial charge in [-0.3, -0.25) is 0 Å². The summed E-state index contributed by atoms with van der Waals surface area (Å²) in [7, 11) is 2.12. The number of nitrogens with two attached hydrogens (primary N) is 1. The molecule has 0 aliphatic heterocycles. The fourth-order valence-electron chi connectivity index (χ4n) is 2.40. The largest absolute Gasteiger partial charge is 0.357 e. The molecule has 0 aliphatic rings. The minimum atomic E-state index is 0.415. The Labute approximate surface area is 131 Å². The van der Waals surface area contributed by atoms with Crippen LogP contribution in [0.5, 0.6) is 0 Å². The van der Waals surface area contributed by atoms with E-state index < -0.39 is 0 Å². The van der Waals surface area contributed by atoms with Crippen molar-refractivity contribution in [3.05, 3.63) is 45.8 Å². The van der Waals surface area contributed by atoms with Gasteiger partial charge in [0.05, 0.1) is 0 Å². The summed E-state index contributed by atoms with van der Waals surface area (Å²) in [6.45, 7) is 5.00. The average Bonchev–Trinajstić information content (AvgIpc) is 2.99. The Morgan fingerprint density at radius 3 is 2.81 bits per heavy atom. The van der Waals surface area contributed by atoms with Crippen LogP contribution in [0, 0.1) is 0 Å². The molecule has 2 aromatic heterocycles. The van der Waals surface area contributed by atoms with Gasteiger partial charge in [0.15, 0.2) is 0 Å². The van der Waals surface area contributed by atoms with Gasteiger partial charge in [0, 0.05) is 36.6 Å². The van der Waals surface area contributed by atoms with Crippen molar-refractivity contribution < 1.29 is 0 Å². The van der Waals surface area contributed by atoms with Crippen molar-refractivity contribution >= 4 is 17.2 Å². The maximum atomic E-state index is 5.83. The van der Waals surface area contributed by atoms with Gasteiger partial charge in [0.25, 0.3) is 0 Å². The monoisotopic (exact) mass is 303 g/mol. The zero-order valence-electron chi connectivity index (χ0n) is 13.2. The van der Waals surface area contributed by atoms with E-state index in [0.29, 0.717) is 12.6 Å². The van der Waals surface area contributed by atoms with Crippen molar-refractivity contribution in [2.45, 2.75) is 45.7 Å². The van der Waals surface area contributed by atoms with E-state index in [-0.39, 0.29) is 0 Å². The van der Waals surface area contributed by atoms with Gasteiger partial charge in [0.2, 0.25) is 0 Å². The van der Waals surface area contributed by atoms with Crippen LogP contribution in [0.25, 0.3) is 0 Å². The highest BCUT2D eigenvalue weighted by molar-refractivity contribution is 7.09. The van der Waals surface area contributed by atoms with Gasteiger partial charge in [-0.05, 0) is 42.5 Å². The van der Waals surface area contributed by atoms with Gasteiger partial charge in [-0.1, -0.05) is 19.4 Å². The first-order valence-corrected chi connectivity index (χ1v) is 8.47. The number of hydrogen-bond donors (Lipinski definition) is 1. The number of aromatic nitrogens is 1. The maximum absolute atomic E-state index is 5.83. The van der Waals surface area contributed by atoms with E-state index in [1.807, 2.05) is 11.3 Å². The highest BCUT2D eigenvalue weighted by Crippen LogP contribution is 2.20. The molecule has 4 heteroatoms. The summed E-state index contributed by atoms with van der Waals surface area (Å²) < 4.78 is 0. The Morgan fingerprint density at radius 1 is 1.38 bits per heavy atom. The molecular weight excluding hydrogens is 278 g/mol. The molecule has 0 amide bonds. The maximum Gasteiger partial charge on any atom is 0.129 e. The lowest BCUT2D eigenvalue weighted by atomic mass is 10.1. The van der Waals surface area contributed by atoms with E-state index in [0.717, 1.165) is 30.8 Å². The van der Waals surface area contributed by atoms with Crippen LogP contribution in [0.3, 0.4) is 0 Å². The van der Waals surface area contributed by atoms with E-state index in [1.54, 1.807) is 0 Å². The number of pyridine rings is 1. The van der Waals surface area contributed by atoms with Crippen molar-refractivity contribution in [2.24, 2.45) is 5.73 Å². The number of aryl methyl sites for hydroxylation is 1. The van der Waals surface area contributed by atoms with Crippen LogP contribution in [-0.4, -0.2) is 18.1 Å². The summed E-state index contributed by atoms with van der Waals surface area (Å²) in [5.74, 6) is 1.03. The van der Waals surface area contributed by atoms with Crippen LogP contribution in [0.15, 0.2) is 29.6 Å². The van der Waals surface area contributed by atoms with Gasteiger partial charge >= 0.3 is 0 Å². The molecule has 1 atom stereocenters. The van der Waals surface area contributed by atoms with Crippen LogP contribution in [0.1, 0.15) is 36.4 Å². The molecular formula is C17H25N3S. The number of anilines is 1. The van der Waals surface area contributed by atoms with Gasteiger partial charge in [-0.2, -0.15) is 0 Å². The third-order valence-electron chi connectivity index (χ3n) is 3.77. The summed E-state index contributed by atoms with van der Waals surface area (Å²) >= 11 is 1.82. The van der Waals surface area contributed by atoms with E-state index >= 15 is 0 Å². The second-order valence-electron chi connectivity index (χ2n) is 5.52. The minimum absolute atomic E-state index is 0.415. The Hall–Kier alpha value is -1.39. The Kier molecular flexibility index (Phi) is 5.76. The fraction of sp³-hybridized carbons (Fsp3) is 0.471. The molecule has 2 aromatic rings. The quantitative estimate of drug-likeness (QED) is 0.849.